The first-order valence-corrected chi connectivity index (χ1v) is 7.12. The summed E-state index contributed by atoms with van der Waals surface area (Å²) >= 11 is 0. The zero-order valence-electron chi connectivity index (χ0n) is 11.9. The van der Waals surface area contributed by atoms with Crippen LogP contribution in [0, 0.1) is 0 Å². The Morgan fingerprint density at radius 3 is 1.74 bits per heavy atom. The summed E-state index contributed by atoms with van der Waals surface area (Å²) < 4.78 is 10.8. The highest BCUT2D eigenvalue weighted by atomic mass is 16.5. The van der Waals surface area contributed by atoms with Crippen LogP contribution in [0.5, 0.6) is 11.5 Å². The maximum absolute atomic E-state index is 6.40. The predicted molar refractivity (Wildman–Crippen MR) is 75.8 cm³/mol. The Morgan fingerprint density at radius 1 is 0.842 bits per heavy atom. The van der Waals surface area contributed by atoms with E-state index in [0.717, 1.165) is 30.8 Å². The van der Waals surface area contributed by atoms with Gasteiger partial charge in [0.05, 0.1) is 14.2 Å². The molecule has 0 atom stereocenters. The molecule has 3 aliphatic rings. The van der Waals surface area contributed by atoms with Gasteiger partial charge in [-0.1, -0.05) is 0 Å². The van der Waals surface area contributed by atoms with Gasteiger partial charge < -0.3 is 15.2 Å². The summed E-state index contributed by atoms with van der Waals surface area (Å²) in [5.41, 5.74) is 8.17. The number of hydrogen-bond acceptors (Lipinski definition) is 3. The number of hydrogen-bond donors (Lipinski definition) is 1. The number of rotatable bonds is 3. The fraction of sp³-hybridized carbons (Fsp3) is 0.625. The van der Waals surface area contributed by atoms with E-state index in [-0.39, 0.29) is 5.54 Å². The molecule has 2 bridgehead atoms. The highest BCUT2D eigenvalue weighted by Gasteiger charge is 2.47. The molecule has 3 nitrogen and oxygen atoms in total. The summed E-state index contributed by atoms with van der Waals surface area (Å²) in [5.74, 6) is 1.78. The second kappa shape index (κ2) is 4.41. The van der Waals surface area contributed by atoms with Gasteiger partial charge in [0, 0.05) is 11.6 Å². The van der Waals surface area contributed by atoms with E-state index < -0.39 is 0 Å². The molecule has 0 heterocycles. The second-order valence-corrected chi connectivity index (χ2v) is 6.24. The molecular formula is C16H23NO2. The third-order valence-electron chi connectivity index (χ3n) is 5.27. The summed E-state index contributed by atoms with van der Waals surface area (Å²) in [7, 11) is 3.42. The quantitative estimate of drug-likeness (QED) is 0.909. The lowest BCUT2D eigenvalue weighted by atomic mass is 9.55. The van der Waals surface area contributed by atoms with Crippen LogP contribution in [0.2, 0.25) is 0 Å². The molecular weight excluding hydrogens is 238 g/mol. The van der Waals surface area contributed by atoms with Gasteiger partial charge in [0.15, 0.2) is 0 Å². The molecule has 1 aromatic carbocycles. The molecule has 1 aromatic rings. The second-order valence-electron chi connectivity index (χ2n) is 6.24. The molecule has 19 heavy (non-hydrogen) atoms. The third-order valence-corrected chi connectivity index (χ3v) is 5.27. The van der Waals surface area contributed by atoms with Crippen LogP contribution in [0.3, 0.4) is 0 Å². The zero-order chi connectivity index (χ0) is 13.5. The van der Waals surface area contributed by atoms with Crippen molar-refractivity contribution in [2.75, 3.05) is 14.2 Å². The molecule has 0 radical (unpaired) electrons. The lowest BCUT2D eigenvalue weighted by Gasteiger charge is -2.52. The molecule has 104 valence electrons. The van der Waals surface area contributed by atoms with E-state index in [1.54, 1.807) is 14.2 Å². The molecule has 0 amide bonds. The lowest BCUT2D eigenvalue weighted by molar-refractivity contribution is 0.107. The van der Waals surface area contributed by atoms with Crippen LogP contribution in [0.25, 0.3) is 0 Å². The van der Waals surface area contributed by atoms with E-state index in [0.29, 0.717) is 5.41 Å². The van der Waals surface area contributed by atoms with E-state index in [4.69, 9.17) is 15.2 Å². The first kappa shape index (κ1) is 12.8. The van der Waals surface area contributed by atoms with E-state index >= 15 is 0 Å². The van der Waals surface area contributed by atoms with Crippen molar-refractivity contribution in [2.24, 2.45) is 5.73 Å². The van der Waals surface area contributed by atoms with Crippen molar-refractivity contribution in [3.63, 3.8) is 0 Å². The number of benzene rings is 1. The predicted octanol–water partition coefficient (Wildman–Crippen LogP) is 3.01. The van der Waals surface area contributed by atoms with Crippen LogP contribution in [-0.4, -0.2) is 19.8 Å². The highest BCUT2D eigenvalue weighted by Crippen LogP contribution is 2.53. The van der Waals surface area contributed by atoms with E-state index in [9.17, 15) is 0 Å². The summed E-state index contributed by atoms with van der Waals surface area (Å²) in [4.78, 5) is 0. The van der Waals surface area contributed by atoms with Crippen molar-refractivity contribution in [3.05, 3.63) is 23.8 Å². The highest BCUT2D eigenvalue weighted by molar-refractivity contribution is 5.43. The van der Waals surface area contributed by atoms with Crippen molar-refractivity contribution in [1.29, 1.82) is 0 Å². The smallest absolute Gasteiger partial charge is 0.122 e. The van der Waals surface area contributed by atoms with Crippen molar-refractivity contribution >= 4 is 0 Å². The Labute approximate surface area is 115 Å². The Hall–Kier alpha value is -1.22. The average molecular weight is 261 g/mol. The molecule has 0 aromatic heterocycles. The Balaban J connectivity index is 1.97. The molecule has 0 unspecified atom stereocenters. The average Bonchev–Trinajstić information content (AvgIpc) is 2.48. The maximum Gasteiger partial charge on any atom is 0.122 e. The van der Waals surface area contributed by atoms with Crippen LogP contribution >= 0.6 is 0 Å². The van der Waals surface area contributed by atoms with Crippen LogP contribution in [0.4, 0.5) is 0 Å². The first-order valence-electron chi connectivity index (χ1n) is 7.12. The third kappa shape index (κ3) is 2.10. The number of nitrogens with two attached hydrogens (primary N) is 1. The fourth-order valence-corrected chi connectivity index (χ4v) is 3.76. The first-order chi connectivity index (χ1) is 9.09. The summed E-state index contributed by atoms with van der Waals surface area (Å²) in [6.45, 7) is 0. The summed E-state index contributed by atoms with van der Waals surface area (Å²) in [6, 6.07) is 6.30. The van der Waals surface area contributed by atoms with Crippen LogP contribution in [-0.2, 0) is 5.41 Å². The molecule has 4 rings (SSSR count). The molecule has 2 N–H and O–H groups in total. The Kier molecular flexibility index (Phi) is 2.97. The van der Waals surface area contributed by atoms with E-state index in [2.05, 4.69) is 12.1 Å². The maximum atomic E-state index is 6.40. The molecule has 3 fully saturated rings. The molecule has 0 spiro atoms. The van der Waals surface area contributed by atoms with Gasteiger partial charge in [-0.15, -0.1) is 0 Å². The van der Waals surface area contributed by atoms with Gasteiger partial charge in [-0.05, 0) is 61.6 Å². The molecule has 0 saturated heterocycles. The number of methoxy groups -OCH3 is 2. The van der Waals surface area contributed by atoms with E-state index in [1.165, 1.54) is 24.8 Å². The minimum absolute atomic E-state index is 0.116. The van der Waals surface area contributed by atoms with Crippen molar-refractivity contribution in [2.45, 2.75) is 49.5 Å². The summed E-state index contributed by atoms with van der Waals surface area (Å²) in [5, 5.41) is 0. The molecule has 0 aliphatic heterocycles. The zero-order valence-corrected chi connectivity index (χ0v) is 11.9. The van der Waals surface area contributed by atoms with Gasteiger partial charge in [0.1, 0.15) is 11.5 Å². The minimum Gasteiger partial charge on any atom is -0.497 e. The Bertz CT molecular complexity index is 437. The van der Waals surface area contributed by atoms with Crippen LogP contribution in [0.1, 0.15) is 44.1 Å². The fourth-order valence-electron chi connectivity index (χ4n) is 3.76. The van der Waals surface area contributed by atoms with E-state index in [1.807, 2.05) is 6.07 Å². The van der Waals surface area contributed by atoms with Gasteiger partial charge in [0.25, 0.3) is 0 Å². The minimum atomic E-state index is 0.116. The van der Waals surface area contributed by atoms with Crippen molar-refractivity contribution < 1.29 is 9.47 Å². The van der Waals surface area contributed by atoms with Gasteiger partial charge in [-0.2, -0.15) is 0 Å². The Morgan fingerprint density at radius 2 is 1.32 bits per heavy atom. The number of fused-ring (bicyclic) bond motifs is 3. The van der Waals surface area contributed by atoms with Gasteiger partial charge in [-0.25, -0.2) is 0 Å². The largest absolute Gasteiger partial charge is 0.497 e. The molecule has 3 saturated carbocycles. The van der Waals surface area contributed by atoms with Gasteiger partial charge in [-0.3, -0.25) is 0 Å². The van der Waals surface area contributed by atoms with Crippen LogP contribution < -0.4 is 15.2 Å². The lowest BCUT2D eigenvalue weighted by Crippen LogP contribution is -2.53. The molecule has 3 aliphatic carbocycles. The van der Waals surface area contributed by atoms with Gasteiger partial charge >= 0.3 is 0 Å². The number of ether oxygens (including phenoxy) is 2. The van der Waals surface area contributed by atoms with Gasteiger partial charge in [0.2, 0.25) is 0 Å². The van der Waals surface area contributed by atoms with Crippen LogP contribution in [0.15, 0.2) is 18.2 Å². The SMILES string of the molecule is COc1cc(OC)cc(C23CCC(N)(CC2)CC3)c1. The summed E-state index contributed by atoms with van der Waals surface area (Å²) in [6.07, 6.45) is 7.02. The van der Waals surface area contributed by atoms with Crippen molar-refractivity contribution in [1.82, 2.24) is 0 Å². The monoisotopic (exact) mass is 261 g/mol. The standard InChI is InChI=1S/C16H23NO2/c1-18-13-9-12(10-14(11-13)19-2)15-3-6-16(17,7-4-15)8-5-15/h9-11H,3-8,17H2,1-2H3. The topological polar surface area (TPSA) is 44.5 Å². The normalized spacial score (nSPS) is 33.2. The molecule has 3 heteroatoms. The van der Waals surface area contributed by atoms with Crippen molar-refractivity contribution in [3.8, 4) is 11.5 Å².